The van der Waals surface area contributed by atoms with Crippen LogP contribution in [0, 0.1) is 25.2 Å². The van der Waals surface area contributed by atoms with Gasteiger partial charge in [-0.25, -0.2) is 4.98 Å². The van der Waals surface area contributed by atoms with E-state index in [4.69, 9.17) is 10.00 Å². The molecule has 4 heteroatoms. The van der Waals surface area contributed by atoms with Crippen molar-refractivity contribution in [1.82, 2.24) is 9.97 Å². The molecule has 0 aliphatic carbocycles. The molecule has 0 spiro atoms. The van der Waals surface area contributed by atoms with Gasteiger partial charge in [0.1, 0.15) is 11.6 Å². The lowest BCUT2D eigenvalue weighted by Crippen LogP contribution is -1.93. The number of rotatable bonds is 3. The van der Waals surface area contributed by atoms with Crippen LogP contribution in [-0.4, -0.2) is 17.1 Å². The van der Waals surface area contributed by atoms with Gasteiger partial charge in [0.15, 0.2) is 0 Å². The van der Waals surface area contributed by atoms with Gasteiger partial charge in [-0.3, -0.25) is 0 Å². The predicted molar refractivity (Wildman–Crippen MR) is 69.4 cm³/mol. The van der Waals surface area contributed by atoms with Crippen LogP contribution in [0.25, 0.3) is 11.3 Å². The van der Waals surface area contributed by atoms with Crippen molar-refractivity contribution in [1.29, 1.82) is 5.26 Å². The molecule has 0 saturated carbocycles. The number of methoxy groups -OCH3 is 1. The monoisotopic (exact) mass is 241 g/mol. The first-order valence-corrected chi connectivity index (χ1v) is 5.72. The molecule has 0 atom stereocenters. The molecule has 0 bridgehead atoms. The van der Waals surface area contributed by atoms with Gasteiger partial charge in [0, 0.05) is 5.56 Å². The summed E-state index contributed by atoms with van der Waals surface area (Å²) in [5.74, 6) is 1.52. The van der Waals surface area contributed by atoms with E-state index in [1.807, 2.05) is 13.8 Å². The SMILES string of the molecule is COc1c(C)cc(C)cc1-c1cnc(CC#N)[nH]1. The average molecular weight is 241 g/mol. The number of H-pyrrole nitrogens is 1. The topological polar surface area (TPSA) is 61.7 Å². The first-order valence-electron chi connectivity index (χ1n) is 5.72. The number of benzene rings is 1. The number of imidazole rings is 1. The van der Waals surface area contributed by atoms with E-state index in [-0.39, 0.29) is 6.42 Å². The second-order valence-electron chi connectivity index (χ2n) is 4.24. The van der Waals surface area contributed by atoms with Crippen LogP contribution < -0.4 is 4.74 Å². The number of nitrogens with one attached hydrogen (secondary N) is 1. The van der Waals surface area contributed by atoms with E-state index in [0.717, 1.165) is 22.6 Å². The zero-order valence-corrected chi connectivity index (χ0v) is 10.7. The average Bonchev–Trinajstić information content (AvgIpc) is 2.77. The highest BCUT2D eigenvalue weighted by atomic mass is 16.5. The Kier molecular flexibility index (Phi) is 3.33. The van der Waals surface area contributed by atoms with E-state index in [2.05, 4.69) is 28.2 Å². The number of nitrogens with zero attached hydrogens (tertiary/aromatic N) is 2. The molecule has 0 unspecified atom stereocenters. The first-order chi connectivity index (χ1) is 8.65. The lowest BCUT2D eigenvalue weighted by molar-refractivity contribution is 0.413. The molecule has 4 nitrogen and oxygen atoms in total. The van der Waals surface area contributed by atoms with Crippen LogP contribution in [-0.2, 0) is 6.42 Å². The van der Waals surface area contributed by atoms with Crippen molar-refractivity contribution in [2.45, 2.75) is 20.3 Å². The summed E-state index contributed by atoms with van der Waals surface area (Å²) >= 11 is 0. The highest BCUT2D eigenvalue weighted by Crippen LogP contribution is 2.33. The number of aromatic nitrogens is 2. The van der Waals surface area contributed by atoms with Gasteiger partial charge in [-0.15, -0.1) is 0 Å². The van der Waals surface area contributed by atoms with Crippen LogP contribution in [0.2, 0.25) is 0 Å². The molecule has 0 radical (unpaired) electrons. The van der Waals surface area contributed by atoms with E-state index in [1.54, 1.807) is 13.3 Å². The standard InChI is InChI=1S/C14H15N3O/c1-9-6-10(2)14(18-3)11(7-9)12-8-16-13(17-12)4-5-15/h6-8H,4H2,1-3H3,(H,16,17). The van der Waals surface area contributed by atoms with E-state index in [9.17, 15) is 0 Å². The van der Waals surface area contributed by atoms with Crippen molar-refractivity contribution in [3.8, 4) is 23.1 Å². The number of aromatic amines is 1. The third-order valence-corrected chi connectivity index (χ3v) is 2.79. The van der Waals surface area contributed by atoms with Crippen molar-refractivity contribution >= 4 is 0 Å². The number of hydrogen-bond donors (Lipinski definition) is 1. The van der Waals surface area contributed by atoms with Crippen molar-refractivity contribution < 1.29 is 4.74 Å². The summed E-state index contributed by atoms with van der Waals surface area (Å²) in [6, 6.07) is 6.20. The minimum Gasteiger partial charge on any atom is -0.496 e. The van der Waals surface area contributed by atoms with Crippen molar-refractivity contribution in [2.75, 3.05) is 7.11 Å². The molecule has 0 saturated heterocycles. The predicted octanol–water partition coefficient (Wildman–Crippen LogP) is 2.77. The van der Waals surface area contributed by atoms with Gasteiger partial charge >= 0.3 is 0 Å². The Morgan fingerprint density at radius 3 is 2.83 bits per heavy atom. The minimum absolute atomic E-state index is 0.285. The molecule has 0 aliphatic rings. The van der Waals surface area contributed by atoms with Crippen LogP contribution in [0.4, 0.5) is 0 Å². The van der Waals surface area contributed by atoms with Crippen LogP contribution in [0.3, 0.4) is 0 Å². The fraction of sp³-hybridized carbons (Fsp3) is 0.286. The Bertz CT molecular complexity index is 608. The molecule has 1 heterocycles. The molecule has 18 heavy (non-hydrogen) atoms. The van der Waals surface area contributed by atoms with Gasteiger partial charge in [-0.2, -0.15) is 5.26 Å². The number of nitriles is 1. The van der Waals surface area contributed by atoms with Gasteiger partial charge in [0.25, 0.3) is 0 Å². The summed E-state index contributed by atoms with van der Waals surface area (Å²) in [5, 5.41) is 8.65. The maximum Gasteiger partial charge on any atom is 0.131 e. The zero-order chi connectivity index (χ0) is 13.1. The summed E-state index contributed by atoms with van der Waals surface area (Å²) in [5.41, 5.74) is 4.11. The van der Waals surface area contributed by atoms with E-state index in [1.165, 1.54) is 5.56 Å². The molecule has 0 amide bonds. The van der Waals surface area contributed by atoms with Crippen LogP contribution in [0.1, 0.15) is 17.0 Å². The Morgan fingerprint density at radius 1 is 1.39 bits per heavy atom. The van der Waals surface area contributed by atoms with Gasteiger partial charge in [-0.1, -0.05) is 6.07 Å². The lowest BCUT2D eigenvalue weighted by Gasteiger charge is -2.11. The van der Waals surface area contributed by atoms with E-state index in [0.29, 0.717) is 5.82 Å². The number of aryl methyl sites for hydroxylation is 2. The molecular weight excluding hydrogens is 226 g/mol. The Hall–Kier alpha value is -2.28. The third kappa shape index (κ3) is 2.21. The second-order valence-corrected chi connectivity index (χ2v) is 4.24. The summed E-state index contributed by atoms with van der Waals surface area (Å²) < 4.78 is 5.44. The number of ether oxygens (including phenoxy) is 1. The Morgan fingerprint density at radius 2 is 2.17 bits per heavy atom. The summed E-state index contributed by atoms with van der Waals surface area (Å²) in [4.78, 5) is 7.33. The fourth-order valence-corrected chi connectivity index (χ4v) is 2.09. The first kappa shape index (κ1) is 12.2. The van der Waals surface area contributed by atoms with Gasteiger partial charge in [-0.05, 0) is 31.0 Å². The summed E-state index contributed by atoms with van der Waals surface area (Å²) in [6.45, 7) is 4.06. The normalized spacial score (nSPS) is 10.1. The van der Waals surface area contributed by atoms with Gasteiger partial charge in [0.2, 0.25) is 0 Å². The van der Waals surface area contributed by atoms with Gasteiger partial charge < -0.3 is 9.72 Å². The van der Waals surface area contributed by atoms with Crippen molar-refractivity contribution in [2.24, 2.45) is 0 Å². The maximum atomic E-state index is 8.65. The second kappa shape index (κ2) is 4.92. The Labute approximate surface area is 106 Å². The molecule has 0 fully saturated rings. The van der Waals surface area contributed by atoms with Crippen molar-refractivity contribution in [3.63, 3.8) is 0 Å². The summed E-state index contributed by atoms with van der Waals surface area (Å²) in [7, 11) is 1.66. The van der Waals surface area contributed by atoms with Gasteiger partial charge in [0.05, 0.1) is 31.5 Å². The van der Waals surface area contributed by atoms with Crippen LogP contribution in [0.15, 0.2) is 18.3 Å². The van der Waals surface area contributed by atoms with Crippen molar-refractivity contribution in [3.05, 3.63) is 35.3 Å². The molecule has 2 rings (SSSR count). The smallest absolute Gasteiger partial charge is 0.131 e. The van der Waals surface area contributed by atoms with Crippen LogP contribution >= 0.6 is 0 Å². The highest BCUT2D eigenvalue weighted by Gasteiger charge is 2.12. The molecule has 1 aromatic heterocycles. The molecular formula is C14H15N3O. The van der Waals surface area contributed by atoms with Crippen LogP contribution in [0.5, 0.6) is 5.75 Å². The molecule has 1 N–H and O–H groups in total. The highest BCUT2D eigenvalue weighted by molar-refractivity contribution is 5.70. The lowest BCUT2D eigenvalue weighted by atomic mass is 10.0. The molecule has 1 aromatic carbocycles. The number of hydrogen-bond acceptors (Lipinski definition) is 3. The summed E-state index contributed by atoms with van der Waals surface area (Å²) in [6.07, 6.45) is 2.02. The zero-order valence-electron chi connectivity index (χ0n) is 10.7. The molecule has 0 aliphatic heterocycles. The molecule has 2 aromatic rings. The largest absolute Gasteiger partial charge is 0.496 e. The van der Waals surface area contributed by atoms with E-state index >= 15 is 0 Å². The maximum absolute atomic E-state index is 8.65. The Balaban J connectivity index is 2.52. The minimum atomic E-state index is 0.285. The fourth-order valence-electron chi connectivity index (χ4n) is 2.09. The quantitative estimate of drug-likeness (QED) is 0.898. The third-order valence-electron chi connectivity index (χ3n) is 2.79. The molecule has 92 valence electrons. The van der Waals surface area contributed by atoms with E-state index < -0.39 is 0 Å².